The molecular formula is C15H23F2N3O. The number of likely N-dealkylation sites (N-methyl/N-ethyl adjacent to an activating group) is 2. The lowest BCUT2D eigenvalue weighted by Gasteiger charge is -2.25. The van der Waals surface area contributed by atoms with Gasteiger partial charge in [0.25, 0.3) is 0 Å². The van der Waals surface area contributed by atoms with Gasteiger partial charge in [-0.1, -0.05) is 6.92 Å². The van der Waals surface area contributed by atoms with E-state index in [1.165, 1.54) is 21.9 Å². The van der Waals surface area contributed by atoms with Crippen LogP contribution in [-0.4, -0.2) is 44.5 Å². The van der Waals surface area contributed by atoms with Crippen LogP contribution in [0.25, 0.3) is 0 Å². The molecule has 0 aromatic heterocycles. The van der Waals surface area contributed by atoms with E-state index in [1.54, 1.807) is 21.0 Å². The summed E-state index contributed by atoms with van der Waals surface area (Å²) in [4.78, 5) is 14.6. The number of anilines is 1. The molecule has 1 rings (SSSR count). The third-order valence-electron chi connectivity index (χ3n) is 3.18. The predicted molar refractivity (Wildman–Crippen MR) is 80.3 cm³/mol. The van der Waals surface area contributed by atoms with Crippen molar-refractivity contribution in [1.29, 1.82) is 0 Å². The molecule has 0 aliphatic rings. The summed E-state index contributed by atoms with van der Waals surface area (Å²) < 4.78 is 28.4. The first kappa shape index (κ1) is 17.4. The molecule has 4 nitrogen and oxygen atoms in total. The fourth-order valence-corrected chi connectivity index (χ4v) is 1.95. The van der Waals surface area contributed by atoms with Gasteiger partial charge in [0.2, 0.25) is 5.91 Å². The Kier molecular flexibility index (Phi) is 6.55. The zero-order valence-electron chi connectivity index (χ0n) is 13.0. The zero-order valence-corrected chi connectivity index (χ0v) is 13.0. The highest BCUT2D eigenvalue weighted by Gasteiger charge is 2.20. The number of hydrogen-bond acceptors (Lipinski definition) is 3. The Morgan fingerprint density at radius 3 is 2.19 bits per heavy atom. The summed E-state index contributed by atoms with van der Waals surface area (Å²) in [6.07, 6.45) is 0. The molecule has 0 saturated heterocycles. The number of carbonyl (C=O) groups is 1. The minimum Gasteiger partial charge on any atom is -0.358 e. The second kappa shape index (κ2) is 7.93. The number of amides is 1. The van der Waals surface area contributed by atoms with Gasteiger partial charge < -0.3 is 15.1 Å². The van der Waals surface area contributed by atoms with Crippen molar-refractivity contribution < 1.29 is 13.6 Å². The lowest BCUT2D eigenvalue weighted by atomic mass is 10.1. The Morgan fingerprint density at radius 2 is 1.76 bits per heavy atom. The van der Waals surface area contributed by atoms with Crippen molar-refractivity contribution in [3.05, 3.63) is 29.3 Å². The van der Waals surface area contributed by atoms with Crippen molar-refractivity contribution in [2.75, 3.05) is 38.6 Å². The van der Waals surface area contributed by atoms with Crippen molar-refractivity contribution in [3.63, 3.8) is 0 Å². The van der Waals surface area contributed by atoms with Crippen LogP contribution in [-0.2, 0) is 11.3 Å². The fourth-order valence-electron chi connectivity index (χ4n) is 1.95. The molecule has 6 heteroatoms. The van der Waals surface area contributed by atoms with Crippen LogP contribution in [0.4, 0.5) is 14.5 Å². The summed E-state index contributed by atoms with van der Waals surface area (Å²) >= 11 is 0. The molecule has 0 atom stereocenters. The second-order valence-corrected chi connectivity index (χ2v) is 4.99. The first-order valence-corrected chi connectivity index (χ1v) is 7.04. The van der Waals surface area contributed by atoms with Crippen LogP contribution < -0.4 is 10.2 Å². The molecule has 0 saturated carbocycles. The SMILES string of the molecule is CCNCc1cc(F)c(N(CC)CC(=O)N(C)C)c(F)c1. The van der Waals surface area contributed by atoms with Gasteiger partial charge in [-0.25, -0.2) is 8.78 Å². The van der Waals surface area contributed by atoms with Crippen LogP contribution in [0.3, 0.4) is 0 Å². The highest BCUT2D eigenvalue weighted by Crippen LogP contribution is 2.25. The molecule has 1 N–H and O–H groups in total. The number of hydrogen-bond donors (Lipinski definition) is 1. The van der Waals surface area contributed by atoms with Gasteiger partial charge in [-0.05, 0) is 31.2 Å². The van der Waals surface area contributed by atoms with Crippen LogP contribution in [0.5, 0.6) is 0 Å². The van der Waals surface area contributed by atoms with Crippen LogP contribution in [0.15, 0.2) is 12.1 Å². The van der Waals surface area contributed by atoms with E-state index in [4.69, 9.17) is 0 Å². The van der Waals surface area contributed by atoms with Crippen molar-refractivity contribution in [1.82, 2.24) is 10.2 Å². The molecule has 0 bridgehead atoms. The molecule has 1 aromatic carbocycles. The maximum absolute atomic E-state index is 14.2. The predicted octanol–water partition coefficient (Wildman–Crippen LogP) is 1.99. The number of carbonyl (C=O) groups excluding carboxylic acids is 1. The average Bonchev–Trinajstić information content (AvgIpc) is 2.42. The van der Waals surface area contributed by atoms with Crippen molar-refractivity contribution in [2.45, 2.75) is 20.4 Å². The molecule has 1 aromatic rings. The Bertz CT molecular complexity index is 469. The standard InChI is InChI=1S/C15H23F2N3O/c1-5-18-9-11-7-12(16)15(13(17)8-11)20(6-2)10-14(21)19(3)4/h7-8,18H,5-6,9-10H2,1-4H3. The van der Waals surface area contributed by atoms with Crippen LogP contribution >= 0.6 is 0 Å². The fraction of sp³-hybridized carbons (Fsp3) is 0.533. The summed E-state index contributed by atoms with van der Waals surface area (Å²) in [5.74, 6) is -1.49. The lowest BCUT2D eigenvalue weighted by molar-refractivity contribution is -0.127. The van der Waals surface area contributed by atoms with Crippen molar-refractivity contribution >= 4 is 11.6 Å². The Balaban J connectivity index is 3.01. The maximum Gasteiger partial charge on any atom is 0.241 e. The quantitative estimate of drug-likeness (QED) is 0.836. The lowest BCUT2D eigenvalue weighted by Crippen LogP contribution is -2.37. The summed E-state index contributed by atoms with van der Waals surface area (Å²) in [7, 11) is 3.23. The number of nitrogens with one attached hydrogen (secondary N) is 1. The van der Waals surface area contributed by atoms with Crippen molar-refractivity contribution in [3.8, 4) is 0 Å². The number of halogens is 2. The Hall–Kier alpha value is -1.69. The smallest absolute Gasteiger partial charge is 0.241 e. The molecule has 0 fully saturated rings. The van der Waals surface area contributed by atoms with Gasteiger partial charge in [-0.2, -0.15) is 0 Å². The van der Waals surface area contributed by atoms with E-state index in [2.05, 4.69) is 5.32 Å². The van der Waals surface area contributed by atoms with E-state index < -0.39 is 11.6 Å². The molecule has 0 spiro atoms. The summed E-state index contributed by atoms with van der Waals surface area (Å²) in [5.41, 5.74) is 0.401. The third-order valence-corrected chi connectivity index (χ3v) is 3.18. The zero-order chi connectivity index (χ0) is 16.0. The maximum atomic E-state index is 14.2. The number of nitrogens with zero attached hydrogens (tertiary/aromatic N) is 2. The first-order chi connectivity index (χ1) is 9.90. The van der Waals surface area contributed by atoms with Gasteiger partial charge in [0.05, 0.1) is 6.54 Å². The van der Waals surface area contributed by atoms with Gasteiger partial charge in [-0.15, -0.1) is 0 Å². The van der Waals surface area contributed by atoms with E-state index in [9.17, 15) is 13.6 Å². The van der Waals surface area contributed by atoms with Crippen LogP contribution in [0, 0.1) is 11.6 Å². The molecule has 0 aliphatic heterocycles. The molecule has 0 aliphatic carbocycles. The molecule has 21 heavy (non-hydrogen) atoms. The molecule has 0 radical (unpaired) electrons. The van der Waals surface area contributed by atoms with E-state index >= 15 is 0 Å². The third kappa shape index (κ3) is 4.67. The molecular weight excluding hydrogens is 276 g/mol. The number of rotatable bonds is 7. The van der Waals surface area contributed by atoms with E-state index in [0.717, 1.165) is 6.54 Å². The minimum atomic E-state index is -0.642. The van der Waals surface area contributed by atoms with E-state index in [1.807, 2.05) is 6.92 Å². The van der Waals surface area contributed by atoms with Gasteiger partial charge in [-0.3, -0.25) is 4.79 Å². The Labute approximate surface area is 124 Å². The molecule has 118 valence electrons. The molecule has 0 unspecified atom stereocenters. The monoisotopic (exact) mass is 299 g/mol. The van der Waals surface area contributed by atoms with Crippen LogP contribution in [0.1, 0.15) is 19.4 Å². The van der Waals surface area contributed by atoms with Crippen molar-refractivity contribution in [2.24, 2.45) is 0 Å². The largest absolute Gasteiger partial charge is 0.358 e. The second-order valence-electron chi connectivity index (χ2n) is 4.99. The first-order valence-electron chi connectivity index (χ1n) is 7.04. The average molecular weight is 299 g/mol. The number of benzene rings is 1. The van der Waals surface area contributed by atoms with E-state index in [-0.39, 0.29) is 18.1 Å². The van der Waals surface area contributed by atoms with Crippen LogP contribution in [0.2, 0.25) is 0 Å². The van der Waals surface area contributed by atoms with Gasteiger partial charge >= 0.3 is 0 Å². The summed E-state index contributed by atoms with van der Waals surface area (Å²) in [6.45, 7) is 5.11. The minimum absolute atomic E-state index is 0.0517. The normalized spacial score (nSPS) is 10.6. The summed E-state index contributed by atoms with van der Waals surface area (Å²) in [5, 5.41) is 3.02. The van der Waals surface area contributed by atoms with Gasteiger partial charge in [0.1, 0.15) is 17.3 Å². The highest BCUT2D eigenvalue weighted by molar-refractivity contribution is 5.81. The molecule has 1 amide bonds. The molecule has 0 heterocycles. The summed E-state index contributed by atoms with van der Waals surface area (Å²) in [6, 6.07) is 2.62. The topological polar surface area (TPSA) is 35.6 Å². The van der Waals surface area contributed by atoms with Gasteiger partial charge in [0, 0.05) is 27.2 Å². The van der Waals surface area contributed by atoms with E-state index in [0.29, 0.717) is 18.7 Å². The Morgan fingerprint density at radius 1 is 1.19 bits per heavy atom. The highest BCUT2D eigenvalue weighted by atomic mass is 19.1. The van der Waals surface area contributed by atoms with Gasteiger partial charge in [0.15, 0.2) is 0 Å².